The number of hydrogen-bond donors (Lipinski definition) is 2. The summed E-state index contributed by atoms with van der Waals surface area (Å²) in [6.45, 7) is 1.90. The average Bonchev–Trinajstić information content (AvgIpc) is 3.10. The van der Waals surface area contributed by atoms with E-state index in [-0.39, 0.29) is 11.7 Å². The van der Waals surface area contributed by atoms with Crippen LogP contribution in [0.15, 0.2) is 27.1 Å². The second-order valence-electron chi connectivity index (χ2n) is 4.36. The van der Waals surface area contributed by atoms with Crippen molar-refractivity contribution < 1.29 is 0 Å². The number of aryl methyl sites for hydroxylation is 1. The van der Waals surface area contributed by atoms with Gasteiger partial charge in [0.1, 0.15) is 5.03 Å². The molecule has 0 amide bonds. The lowest BCUT2D eigenvalue weighted by Crippen LogP contribution is -2.16. The molecule has 2 aromatic heterocycles. The molecule has 2 aromatic rings. The molecule has 94 valence electrons. The molecule has 0 atom stereocenters. The molecule has 18 heavy (non-hydrogen) atoms. The van der Waals surface area contributed by atoms with Crippen molar-refractivity contribution in [2.75, 3.05) is 5.73 Å². The lowest BCUT2D eigenvalue weighted by Gasteiger charge is -2.05. The fraction of sp³-hybridized carbons (Fsp3) is 0.364. The molecule has 3 N–H and O–H groups in total. The molecular weight excluding hydrogens is 250 g/mol. The van der Waals surface area contributed by atoms with E-state index in [1.165, 1.54) is 11.8 Å². The van der Waals surface area contributed by atoms with Gasteiger partial charge in [-0.2, -0.15) is 0 Å². The minimum atomic E-state index is -0.161. The van der Waals surface area contributed by atoms with E-state index < -0.39 is 0 Å². The molecule has 1 aliphatic rings. The van der Waals surface area contributed by atoms with Crippen LogP contribution in [0, 0.1) is 6.92 Å². The minimum absolute atomic E-state index is 0.161. The fourth-order valence-electron chi connectivity index (χ4n) is 1.73. The summed E-state index contributed by atoms with van der Waals surface area (Å²) in [4.78, 5) is 16.0. The van der Waals surface area contributed by atoms with Crippen molar-refractivity contribution in [2.24, 2.45) is 0 Å². The highest BCUT2D eigenvalue weighted by atomic mass is 32.2. The standard InChI is InChI=1S/C11H13N5OS/c1-6-2-5-8(12)9(13-6)18-11-15-14-10(17)16(11)7-3-4-7/h2,5,7H,3-4,12H2,1H3,(H,14,17). The first-order valence-electron chi connectivity index (χ1n) is 5.73. The second-order valence-corrected chi connectivity index (χ2v) is 5.32. The molecule has 0 saturated heterocycles. The Morgan fingerprint density at radius 3 is 3.00 bits per heavy atom. The lowest BCUT2D eigenvalue weighted by molar-refractivity contribution is 0.642. The van der Waals surface area contributed by atoms with Crippen molar-refractivity contribution in [1.29, 1.82) is 0 Å². The van der Waals surface area contributed by atoms with Gasteiger partial charge in [-0.1, -0.05) is 0 Å². The monoisotopic (exact) mass is 263 g/mol. The number of hydrogen-bond acceptors (Lipinski definition) is 5. The summed E-state index contributed by atoms with van der Waals surface area (Å²) in [5.74, 6) is 0. The Morgan fingerprint density at radius 1 is 1.50 bits per heavy atom. The number of aromatic nitrogens is 4. The van der Waals surface area contributed by atoms with Crippen molar-refractivity contribution in [1.82, 2.24) is 19.7 Å². The van der Waals surface area contributed by atoms with Crippen molar-refractivity contribution >= 4 is 17.4 Å². The third-order valence-corrected chi connectivity index (χ3v) is 3.79. The van der Waals surface area contributed by atoms with E-state index in [1.54, 1.807) is 4.57 Å². The molecule has 3 rings (SSSR count). The van der Waals surface area contributed by atoms with E-state index in [0.717, 1.165) is 18.5 Å². The fourth-order valence-corrected chi connectivity index (χ4v) is 2.70. The molecule has 0 radical (unpaired) electrons. The van der Waals surface area contributed by atoms with Crippen LogP contribution in [0.5, 0.6) is 0 Å². The maximum absolute atomic E-state index is 11.6. The third-order valence-electron chi connectivity index (χ3n) is 2.80. The number of H-pyrrole nitrogens is 1. The molecule has 0 unspecified atom stereocenters. The molecule has 1 saturated carbocycles. The van der Waals surface area contributed by atoms with Gasteiger partial charge in [-0.3, -0.25) is 4.57 Å². The smallest absolute Gasteiger partial charge is 0.344 e. The van der Waals surface area contributed by atoms with Crippen LogP contribution in [0.4, 0.5) is 5.69 Å². The topological polar surface area (TPSA) is 89.6 Å². The number of anilines is 1. The van der Waals surface area contributed by atoms with Crippen LogP contribution in [0.3, 0.4) is 0 Å². The van der Waals surface area contributed by atoms with Gasteiger partial charge in [0.15, 0.2) is 5.16 Å². The number of rotatable bonds is 3. The summed E-state index contributed by atoms with van der Waals surface area (Å²) in [6.07, 6.45) is 2.06. The van der Waals surface area contributed by atoms with Gasteiger partial charge in [-0.25, -0.2) is 14.9 Å². The molecule has 6 nitrogen and oxygen atoms in total. The minimum Gasteiger partial charge on any atom is -0.397 e. The van der Waals surface area contributed by atoms with Crippen LogP contribution in [0.1, 0.15) is 24.6 Å². The van der Waals surface area contributed by atoms with Gasteiger partial charge in [-0.15, -0.1) is 5.10 Å². The Balaban J connectivity index is 1.97. The zero-order valence-electron chi connectivity index (χ0n) is 9.88. The lowest BCUT2D eigenvalue weighted by atomic mass is 10.3. The number of nitrogens with two attached hydrogens (primary N) is 1. The maximum Gasteiger partial charge on any atom is 0.344 e. The van der Waals surface area contributed by atoms with E-state index in [0.29, 0.717) is 15.9 Å². The first-order chi connectivity index (χ1) is 8.65. The Bertz CT molecular complexity index is 643. The number of aromatic amines is 1. The largest absolute Gasteiger partial charge is 0.397 e. The highest BCUT2D eigenvalue weighted by molar-refractivity contribution is 7.99. The quantitative estimate of drug-likeness (QED) is 0.872. The van der Waals surface area contributed by atoms with Crippen LogP contribution >= 0.6 is 11.8 Å². The number of nitrogens with zero attached hydrogens (tertiary/aromatic N) is 3. The van der Waals surface area contributed by atoms with Crippen molar-refractivity contribution in [3.8, 4) is 0 Å². The summed E-state index contributed by atoms with van der Waals surface area (Å²) in [5.41, 5.74) is 7.21. The van der Waals surface area contributed by atoms with Gasteiger partial charge < -0.3 is 5.73 Å². The Labute approximate surface area is 108 Å². The SMILES string of the molecule is Cc1ccc(N)c(Sc2n[nH]c(=O)n2C2CC2)n1. The molecule has 0 aliphatic heterocycles. The summed E-state index contributed by atoms with van der Waals surface area (Å²) >= 11 is 1.33. The average molecular weight is 263 g/mol. The Morgan fingerprint density at radius 2 is 2.28 bits per heavy atom. The molecule has 0 spiro atoms. The Hall–Kier alpha value is -1.76. The van der Waals surface area contributed by atoms with Crippen LogP contribution < -0.4 is 11.4 Å². The van der Waals surface area contributed by atoms with Crippen molar-refractivity contribution in [2.45, 2.75) is 36.0 Å². The van der Waals surface area contributed by atoms with Crippen molar-refractivity contribution in [3.63, 3.8) is 0 Å². The molecule has 0 aromatic carbocycles. The third kappa shape index (κ3) is 2.01. The number of nitrogen functional groups attached to an aromatic ring is 1. The van der Waals surface area contributed by atoms with Crippen molar-refractivity contribution in [3.05, 3.63) is 28.3 Å². The van der Waals surface area contributed by atoms with Crippen LogP contribution in [-0.2, 0) is 0 Å². The second kappa shape index (κ2) is 4.16. The number of pyridine rings is 1. The van der Waals surface area contributed by atoms with Crippen LogP contribution in [0.2, 0.25) is 0 Å². The van der Waals surface area contributed by atoms with E-state index in [1.807, 2.05) is 19.1 Å². The Kier molecular flexibility index (Phi) is 2.62. The van der Waals surface area contributed by atoms with Gasteiger partial charge in [0.2, 0.25) is 0 Å². The summed E-state index contributed by atoms with van der Waals surface area (Å²) in [5, 5.41) is 7.84. The maximum atomic E-state index is 11.6. The summed E-state index contributed by atoms with van der Waals surface area (Å²) in [7, 11) is 0. The van der Waals surface area contributed by atoms with E-state index in [4.69, 9.17) is 5.73 Å². The first kappa shape index (κ1) is 11.3. The van der Waals surface area contributed by atoms with E-state index in [9.17, 15) is 4.79 Å². The first-order valence-corrected chi connectivity index (χ1v) is 6.54. The highest BCUT2D eigenvalue weighted by Gasteiger charge is 2.29. The van der Waals surface area contributed by atoms with Gasteiger partial charge in [-0.05, 0) is 43.7 Å². The molecular formula is C11H13N5OS. The van der Waals surface area contributed by atoms with Gasteiger partial charge in [0, 0.05) is 11.7 Å². The highest BCUT2D eigenvalue weighted by Crippen LogP contribution is 2.38. The van der Waals surface area contributed by atoms with Gasteiger partial charge in [0.25, 0.3) is 0 Å². The van der Waals surface area contributed by atoms with Gasteiger partial charge in [0.05, 0.1) is 5.69 Å². The van der Waals surface area contributed by atoms with Crippen LogP contribution in [0.25, 0.3) is 0 Å². The predicted octanol–water partition coefficient (Wildman–Crippen LogP) is 1.34. The molecule has 1 aliphatic carbocycles. The van der Waals surface area contributed by atoms with E-state index in [2.05, 4.69) is 15.2 Å². The molecule has 7 heteroatoms. The molecule has 2 heterocycles. The molecule has 0 bridgehead atoms. The van der Waals surface area contributed by atoms with E-state index >= 15 is 0 Å². The number of nitrogens with one attached hydrogen (secondary N) is 1. The predicted molar refractivity (Wildman–Crippen MR) is 68.6 cm³/mol. The van der Waals surface area contributed by atoms with Gasteiger partial charge >= 0.3 is 5.69 Å². The normalized spacial score (nSPS) is 14.9. The zero-order chi connectivity index (χ0) is 12.7. The van der Waals surface area contributed by atoms with Crippen LogP contribution in [-0.4, -0.2) is 19.7 Å². The molecule has 1 fully saturated rings. The zero-order valence-corrected chi connectivity index (χ0v) is 10.7. The summed E-state index contributed by atoms with van der Waals surface area (Å²) in [6, 6.07) is 3.96. The summed E-state index contributed by atoms with van der Waals surface area (Å²) < 4.78 is 1.69.